The molecule has 1 aromatic heterocycles. The number of anilines is 1. The number of benzene rings is 1. The topological polar surface area (TPSA) is 68.9 Å². The lowest BCUT2D eigenvalue weighted by molar-refractivity contribution is 0.182. The summed E-state index contributed by atoms with van der Waals surface area (Å²) < 4.78 is 27.9. The van der Waals surface area contributed by atoms with Crippen LogP contribution in [0.3, 0.4) is 0 Å². The second kappa shape index (κ2) is 5.26. The Balaban J connectivity index is 2.14. The van der Waals surface area contributed by atoms with E-state index in [-0.39, 0.29) is 28.2 Å². The van der Waals surface area contributed by atoms with Gasteiger partial charge in [0.25, 0.3) is 0 Å². The van der Waals surface area contributed by atoms with E-state index in [0.717, 1.165) is 12.1 Å². The minimum absolute atomic E-state index is 0.0181. The molecule has 0 saturated heterocycles. The molecule has 1 aromatic carbocycles. The number of aromatic nitrogens is 1. The second-order valence-corrected chi connectivity index (χ2v) is 5.22. The molecule has 6 heteroatoms. The van der Waals surface area contributed by atoms with Crippen LogP contribution in [-0.4, -0.2) is 22.2 Å². The molecular formula is C15H13F2N3O. The lowest BCUT2D eigenvalue weighted by Gasteiger charge is -2.17. The Bertz CT molecular complexity index is 742. The minimum Gasteiger partial charge on any atom is -0.393 e. The summed E-state index contributed by atoms with van der Waals surface area (Å²) in [5.74, 6) is -1.26. The summed E-state index contributed by atoms with van der Waals surface area (Å²) >= 11 is 0. The Hall–Kier alpha value is -2.26. The van der Waals surface area contributed by atoms with E-state index in [1.165, 1.54) is 6.20 Å². The molecular weight excluding hydrogens is 276 g/mol. The molecule has 108 valence electrons. The number of halogens is 2. The van der Waals surface area contributed by atoms with Gasteiger partial charge >= 0.3 is 0 Å². The number of nitrogens with one attached hydrogen (secondary N) is 1. The summed E-state index contributed by atoms with van der Waals surface area (Å²) in [6.45, 7) is 0. The molecule has 1 aliphatic rings. The second-order valence-electron chi connectivity index (χ2n) is 5.22. The van der Waals surface area contributed by atoms with Gasteiger partial charge in [0, 0.05) is 12.2 Å². The highest BCUT2D eigenvalue weighted by molar-refractivity contribution is 5.94. The zero-order valence-electron chi connectivity index (χ0n) is 11.1. The maximum Gasteiger partial charge on any atom is 0.149 e. The highest BCUT2D eigenvalue weighted by Crippen LogP contribution is 2.32. The van der Waals surface area contributed by atoms with Crippen molar-refractivity contribution >= 4 is 16.6 Å². The summed E-state index contributed by atoms with van der Waals surface area (Å²) in [6.07, 6.45) is 2.72. The zero-order chi connectivity index (χ0) is 15.0. The number of hydrogen-bond acceptors (Lipinski definition) is 4. The smallest absolute Gasteiger partial charge is 0.149 e. The fourth-order valence-electron chi connectivity index (χ4n) is 2.76. The Morgan fingerprint density at radius 3 is 2.71 bits per heavy atom. The third-order valence-electron chi connectivity index (χ3n) is 3.79. The molecule has 2 N–H and O–H groups in total. The molecule has 4 nitrogen and oxygen atoms in total. The van der Waals surface area contributed by atoms with Crippen molar-refractivity contribution in [1.82, 2.24) is 4.98 Å². The van der Waals surface area contributed by atoms with Crippen LogP contribution in [0.4, 0.5) is 14.5 Å². The standard InChI is InChI=1S/C15H13F2N3O/c16-11-3-4-12(17)15-13(11)14(8(6-18)7-19-15)20-9-1-2-10(21)5-9/h3-4,7,9-10,21H,1-2,5H2,(H,19,20)/t9-,10+/m0/s1. The summed E-state index contributed by atoms with van der Waals surface area (Å²) in [7, 11) is 0. The van der Waals surface area contributed by atoms with Crippen molar-refractivity contribution in [2.75, 3.05) is 5.32 Å². The minimum atomic E-state index is -0.634. The van der Waals surface area contributed by atoms with Crippen molar-refractivity contribution in [3.8, 4) is 6.07 Å². The van der Waals surface area contributed by atoms with Gasteiger partial charge in [0.1, 0.15) is 23.2 Å². The van der Waals surface area contributed by atoms with Crippen molar-refractivity contribution in [3.05, 3.63) is 35.5 Å². The van der Waals surface area contributed by atoms with Crippen LogP contribution >= 0.6 is 0 Å². The average molecular weight is 289 g/mol. The van der Waals surface area contributed by atoms with Gasteiger partial charge in [-0.1, -0.05) is 0 Å². The van der Waals surface area contributed by atoms with Gasteiger partial charge in [-0.15, -0.1) is 0 Å². The maximum atomic E-state index is 14.1. The van der Waals surface area contributed by atoms with E-state index >= 15 is 0 Å². The summed E-state index contributed by atoms with van der Waals surface area (Å²) in [6, 6.07) is 3.91. The average Bonchev–Trinajstić information content (AvgIpc) is 2.88. The van der Waals surface area contributed by atoms with Gasteiger partial charge in [-0.05, 0) is 31.4 Å². The van der Waals surface area contributed by atoms with E-state index in [2.05, 4.69) is 10.3 Å². The third kappa shape index (κ3) is 2.41. The predicted octanol–water partition coefficient (Wildman–Crippen LogP) is 2.71. The van der Waals surface area contributed by atoms with Crippen molar-refractivity contribution in [2.45, 2.75) is 31.4 Å². The van der Waals surface area contributed by atoms with E-state index in [1.54, 1.807) is 0 Å². The quantitative estimate of drug-likeness (QED) is 0.892. The van der Waals surface area contributed by atoms with E-state index < -0.39 is 17.7 Å². The maximum absolute atomic E-state index is 14.1. The first-order valence-corrected chi connectivity index (χ1v) is 6.71. The van der Waals surface area contributed by atoms with Gasteiger partial charge in [-0.3, -0.25) is 4.98 Å². The van der Waals surface area contributed by atoms with Crippen LogP contribution in [0.25, 0.3) is 10.9 Å². The summed E-state index contributed by atoms with van der Waals surface area (Å²) in [5, 5.41) is 21.8. The lowest BCUT2D eigenvalue weighted by atomic mass is 10.1. The Morgan fingerprint density at radius 1 is 1.29 bits per heavy atom. The molecule has 3 rings (SSSR count). The summed E-state index contributed by atoms with van der Waals surface area (Å²) in [5.41, 5.74) is 0.307. The van der Waals surface area contributed by atoms with E-state index in [0.29, 0.717) is 19.3 Å². The monoisotopic (exact) mass is 289 g/mol. The van der Waals surface area contributed by atoms with Crippen LogP contribution in [0.2, 0.25) is 0 Å². The lowest BCUT2D eigenvalue weighted by Crippen LogP contribution is -2.18. The molecule has 2 aromatic rings. The molecule has 2 atom stereocenters. The van der Waals surface area contributed by atoms with Gasteiger partial charge in [-0.25, -0.2) is 8.78 Å². The molecule has 1 aliphatic carbocycles. The van der Waals surface area contributed by atoms with Crippen LogP contribution in [0, 0.1) is 23.0 Å². The normalized spacial score (nSPS) is 21.4. The molecule has 0 bridgehead atoms. The molecule has 1 heterocycles. The Labute approximate surface area is 120 Å². The Kier molecular flexibility index (Phi) is 3.43. The van der Waals surface area contributed by atoms with E-state index in [9.17, 15) is 13.9 Å². The number of aliphatic hydroxyl groups is 1. The van der Waals surface area contributed by atoms with Crippen LogP contribution in [0.1, 0.15) is 24.8 Å². The fourth-order valence-corrected chi connectivity index (χ4v) is 2.76. The highest BCUT2D eigenvalue weighted by atomic mass is 19.1. The number of nitriles is 1. The fraction of sp³-hybridized carbons (Fsp3) is 0.333. The first-order chi connectivity index (χ1) is 10.1. The van der Waals surface area contributed by atoms with Crippen LogP contribution < -0.4 is 5.32 Å². The highest BCUT2D eigenvalue weighted by Gasteiger charge is 2.25. The number of rotatable bonds is 2. The number of aliphatic hydroxyl groups excluding tert-OH is 1. The molecule has 0 radical (unpaired) electrons. The number of pyridine rings is 1. The molecule has 21 heavy (non-hydrogen) atoms. The van der Waals surface area contributed by atoms with Gasteiger partial charge in [-0.2, -0.15) is 5.26 Å². The van der Waals surface area contributed by atoms with Gasteiger partial charge < -0.3 is 10.4 Å². The van der Waals surface area contributed by atoms with Crippen LogP contribution in [0.5, 0.6) is 0 Å². The third-order valence-corrected chi connectivity index (χ3v) is 3.79. The van der Waals surface area contributed by atoms with Crippen molar-refractivity contribution in [2.24, 2.45) is 0 Å². The molecule has 1 fully saturated rings. The first kappa shape index (κ1) is 13.7. The number of fused-ring (bicyclic) bond motifs is 1. The van der Waals surface area contributed by atoms with Crippen molar-refractivity contribution < 1.29 is 13.9 Å². The largest absolute Gasteiger partial charge is 0.393 e. The SMILES string of the molecule is N#Cc1cnc2c(F)ccc(F)c2c1N[C@H]1CC[C@@H](O)C1. The van der Waals surface area contributed by atoms with E-state index in [1.807, 2.05) is 6.07 Å². The number of hydrogen-bond donors (Lipinski definition) is 2. The van der Waals surface area contributed by atoms with Gasteiger partial charge in [0.05, 0.1) is 22.7 Å². The van der Waals surface area contributed by atoms with Crippen LogP contribution in [-0.2, 0) is 0 Å². The predicted molar refractivity (Wildman–Crippen MR) is 73.6 cm³/mol. The van der Waals surface area contributed by atoms with Crippen molar-refractivity contribution in [3.63, 3.8) is 0 Å². The van der Waals surface area contributed by atoms with Gasteiger partial charge in [0.15, 0.2) is 0 Å². The molecule has 1 saturated carbocycles. The molecule has 0 aliphatic heterocycles. The number of nitrogens with zero attached hydrogens (tertiary/aromatic N) is 2. The summed E-state index contributed by atoms with van der Waals surface area (Å²) in [4.78, 5) is 3.84. The Morgan fingerprint density at radius 2 is 2.05 bits per heavy atom. The molecule has 0 spiro atoms. The van der Waals surface area contributed by atoms with E-state index in [4.69, 9.17) is 5.26 Å². The zero-order valence-corrected chi connectivity index (χ0v) is 11.1. The molecule has 0 unspecified atom stereocenters. The first-order valence-electron chi connectivity index (χ1n) is 6.71. The molecule has 0 amide bonds. The van der Waals surface area contributed by atoms with Gasteiger partial charge in [0.2, 0.25) is 0 Å². The van der Waals surface area contributed by atoms with Crippen molar-refractivity contribution in [1.29, 1.82) is 5.26 Å². The van der Waals surface area contributed by atoms with Crippen LogP contribution in [0.15, 0.2) is 18.3 Å².